The van der Waals surface area contributed by atoms with Gasteiger partial charge in [0.1, 0.15) is 0 Å². The topological polar surface area (TPSA) is 58.6 Å². The van der Waals surface area contributed by atoms with Crippen molar-refractivity contribution in [2.45, 2.75) is 20.3 Å². The minimum Gasteiger partial charge on any atom is -0.383 e. The van der Waals surface area contributed by atoms with Gasteiger partial charge < -0.3 is 15.0 Å². The van der Waals surface area contributed by atoms with Crippen LogP contribution in [0.5, 0.6) is 0 Å². The zero-order valence-electron chi connectivity index (χ0n) is 12.8. The van der Waals surface area contributed by atoms with Crippen LogP contribution >= 0.6 is 0 Å². The third-order valence-electron chi connectivity index (χ3n) is 3.74. The van der Waals surface area contributed by atoms with Crippen molar-refractivity contribution in [3.05, 3.63) is 29.3 Å². The summed E-state index contributed by atoms with van der Waals surface area (Å²) in [6, 6.07) is 5.99. The molecule has 1 aliphatic rings. The second-order valence-electron chi connectivity index (χ2n) is 5.48. The molecule has 5 nitrogen and oxygen atoms in total. The van der Waals surface area contributed by atoms with Crippen molar-refractivity contribution in [2.75, 3.05) is 31.7 Å². The standard InChI is InChI=1S/C16H22N2O3/c1-11-4-5-14(12(2)8-11)18-10-13(9-15(18)19)16(20)17-6-7-21-3/h4-5,8,13H,6-7,9-10H2,1-3H3,(H,17,20)/t13-/m0/s1. The van der Waals surface area contributed by atoms with Crippen molar-refractivity contribution in [1.82, 2.24) is 5.32 Å². The summed E-state index contributed by atoms with van der Waals surface area (Å²) >= 11 is 0. The van der Waals surface area contributed by atoms with Crippen molar-refractivity contribution in [3.8, 4) is 0 Å². The molecule has 2 amide bonds. The molecule has 0 saturated carbocycles. The Morgan fingerprint density at radius 2 is 2.19 bits per heavy atom. The van der Waals surface area contributed by atoms with E-state index in [0.717, 1.165) is 16.8 Å². The lowest BCUT2D eigenvalue weighted by Gasteiger charge is -2.19. The Morgan fingerprint density at radius 1 is 1.43 bits per heavy atom. The fourth-order valence-corrected chi connectivity index (χ4v) is 2.64. The highest BCUT2D eigenvalue weighted by atomic mass is 16.5. The summed E-state index contributed by atoms with van der Waals surface area (Å²) in [7, 11) is 1.59. The molecule has 1 aromatic rings. The second kappa shape index (κ2) is 6.72. The molecule has 21 heavy (non-hydrogen) atoms. The van der Waals surface area contributed by atoms with Crippen molar-refractivity contribution in [3.63, 3.8) is 0 Å². The monoisotopic (exact) mass is 290 g/mol. The zero-order chi connectivity index (χ0) is 15.4. The molecule has 2 rings (SSSR count). The molecular formula is C16H22N2O3. The first kappa shape index (κ1) is 15.5. The predicted octanol–water partition coefficient (Wildman–Crippen LogP) is 1.42. The fourth-order valence-electron chi connectivity index (χ4n) is 2.64. The van der Waals surface area contributed by atoms with Crippen LogP contribution in [0.25, 0.3) is 0 Å². The van der Waals surface area contributed by atoms with Crippen molar-refractivity contribution < 1.29 is 14.3 Å². The van der Waals surface area contributed by atoms with Gasteiger partial charge in [0.05, 0.1) is 12.5 Å². The first-order valence-corrected chi connectivity index (χ1v) is 7.17. The van der Waals surface area contributed by atoms with Gasteiger partial charge >= 0.3 is 0 Å². The number of benzene rings is 1. The number of aryl methyl sites for hydroxylation is 2. The Hall–Kier alpha value is -1.88. The van der Waals surface area contributed by atoms with Gasteiger partial charge in [-0.2, -0.15) is 0 Å². The van der Waals surface area contributed by atoms with E-state index in [9.17, 15) is 9.59 Å². The minimum atomic E-state index is -0.282. The number of methoxy groups -OCH3 is 1. The van der Waals surface area contributed by atoms with E-state index in [0.29, 0.717) is 19.7 Å². The number of carbonyl (C=O) groups is 2. The van der Waals surface area contributed by atoms with E-state index in [2.05, 4.69) is 11.4 Å². The second-order valence-corrected chi connectivity index (χ2v) is 5.48. The first-order chi connectivity index (χ1) is 10.0. The Kier molecular flexibility index (Phi) is 4.96. The molecule has 0 bridgehead atoms. The van der Waals surface area contributed by atoms with E-state index < -0.39 is 0 Å². The van der Waals surface area contributed by atoms with Crippen LogP contribution < -0.4 is 10.2 Å². The molecule has 1 saturated heterocycles. The van der Waals surface area contributed by atoms with Crippen LogP contribution in [0.15, 0.2) is 18.2 Å². The Balaban J connectivity index is 2.04. The summed E-state index contributed by atoms with van der Waals surface area (Å²) < 4.78 is 4.90. The lowest BCUT2D eigenvalue weighted by atomic mass is 10.1. The highest BCUT2D eigenvalue weighted by Crippen LogP contribution is 2.28. The average Bonchev–Trinajstić information content (AvgIpc) is 2.81. The summed E-state index contributed by atoms with van der Waals surface area (Å²) in [6.07, 6.45) is 0.270. The molecule has 1 N–H and O–H groups in total. The summed E-state index contributed by atoms with van der Waals surface area (Å²) in [6.45, 7) is 5.41. The van der Waals surface area contributed by atoms with Gasteiger partial charge in [0.25, 0.3) is 0 Å². The van der Waals surface area contributed by atoms with Gasteiger partial charge in [0.15, 0.2) is 0 Å². The maximum atomic E-state index is 12.2. The third kappa shape index (κ3) is 3.61. The maximum absolute atomic E-state index is 12.2. The van der Waals surface area contributed by atoms with Crippen LogP contribution in [0.3, 0.4) is 0 Å². The number of anilines is 1. The SMILES string of the molecule is COCCNC(=O)[C@H]1CC(=O)N(c2ccc(C)cc2C)C1. The first-order valence-electron chi connectivity index (χ1n) is 7.17. The number of nitrogens with zero attached hydrogens (tertiary/aromatic N) is 1. The molecule has 1 atom stereocenters. The quantitative estimate of drug-likeness (QED) is 0.834. The van der Waals surface area contributed by atoms with Gasteiger partial charge in [-0.15, -0.1) is 0 Å². The summed E-state index contributed by atoms with van der Waals surface area (Å²) in [5, 5.41) is 2.80. The number of nitrogens with one attached hydrogen (secondary N) is 1. The van der Waals surface area contributed by atoms with E-state index in [-0.39, 0.29) is 24.2 Å². The Bertz CT molecular complexity index is 542. The van der Waals surface area contributed by atoms with Crippen molar-refractivity contribution >= 4 is 17.5 Å². The highest BCUT2D eigenvalue weighted by molar-refractivity contribution is 6.00. The van der Waals surface area contributed by atoms with Crippen molar-refractivity contribution in [2.24, 2.45) is 5.92 Å². The molecular weight excluding hydrogens is 268 g/mol. The van der Waals surface area contributed by atoms with Gasteiger partial charge in [0, 0.05) is 32.3 Å². The maximum Gasteiger partial charge on any atom is 0.227 e. The molecule has 0 radical (unpaired) electrons. The lowest BCUT2D eigenvalue weighted by molar-refractivity contribution is -0.126. The van der Waals surface area contributed by atoms with E-state index in [1.807, 2.05) is 26.0 Å². The zero-order valence-corrected chi connectivity index (χ0v) is 12.8. The van der Waals surface area contributed by atoms with E-state index >= 15 is 0 Å². The molecule has 0 aromatic heterocycles. The molecule has 0 aliphatic carbocycles. The number of ether oxygens (including phenoxy) is 1. The van der Waals surface area contributed by atoms with E-state index in [4.69, 9.17) is 4.74 Å². The molecule has 1 heterocycles. The molecule has 5 heteroatoms. The van der Waals surface area contributed by atoms with Crippen molar-refractivity contribution in [1.29, 1.82) is 0 Å². The smallest absolute Gasteiger partial charge is 0.227 e. The van der Waals surface area contributed by atoms with Gasteiger partial charge in [-0.05, 0) is 25.5 Å². The van der Waals surface area contributed by atoms with Gasteiger partial charge in [-0.3, -0.25) is 9.59 Å². The molecule has 1 aromatic carbocycles. The van der Waals surface area contributed by atoms with Crippen LogP contribution in [-0.2, 0) is 14.3 Å². The van der Waals surface area contributed by atoms with Crippen LogP contribution in [0.4, 0.5) is 5.69 Å². The number of amides is 2. The van der Waals surface area contributed by atoms with Crippen LogP contribution in [0, 0.1) is 19.8 Å². The molecule has 1 fully saturated rings. The molecule has 0 unspecified atom stereocenters. The van der Waals surface area contributed by atoms with Gasteiger partial charge in [-0.1, -0.05) is 17.7 Å². The van der Waals surface area contributed by atoms with Crippen LogP contribution in [-0.4, -0.2) is 38.6 Å². The Morgan fingerprint density at radius 3 is 2.86 bits per heavy atom. The van der Waals surface area contributed by atoms with Crippen LogP contribution in [0.1, 0.15) is 17.5 Å². The summed E-state index contributed by atoms with van der Waals surface area (Å²) in [4.78, 5) is 25.9. The summed E-state index contributed by atoms with van der Waals surface area (Å²) in [5.74, 6) is -0.350. The predicted molar refractivity (Wildman–Crippen MR) is 81.3 cm³/mol. The molecule has 1 aliphatic heterocycles. The molecule has 114 valence electrons. The summed E-state index contributed by atoms with van der Waals surface area (Å²) in [5.41, 5.74) is 3.12. The largest absolute Gasteiger partial charge is 0.383 e. The van der Waals surface area contributed by atoms with E-state index in [1.165, 1.54) is 0 Å². The fraction of sp³-hybridized carbons (Fsp3) is 0.500. The lowest BCUT2D eigenvalue weighted by Crippen LogP contribution is -2.34. The number of rotatable bonds is 5. The number of carbonyl (C=O) groups excluding carboxylic acids is 2. The Labute approximate surface area is 125 Å². The average molecular weight is 290 g/mol. The number of hydrogen-bond acceptors (Lipinski definition) is 3. The molecule has 0 spiro atoms. The van der Waals surface area contributed by atoms with Crippen LogP contribution in [0.2, 0.25) is 0 Å². The van der Waals surface area contributed by atoms with Gasteiger partial charge in [-0.25, -0.2) is 0 Å². The third-order valence-corrected chi connectivity index (χ3v) is 3.74. The number of hydrogen-bond donors (Lipinski definition) is 1. The van der Waals surface area contributed by atoms with E-state index in [1.54, 1.807) is 12.0 Å². The minimum absolute atomic E-state index is 0.00819. The van der Waals surface area contributed by atoms with Gasteiger partial charge in [0.2, 0.25) is 11.8 Å². The normalized spacial score (nSPS) is 18.1. The highest BCUT2D eigenvalue weighted by Gasteiger charge is 2.35.